The third-order valence-corrected chi connectivity index (χ3v) is 4.31. The zero-order chi connectivity index (χ0) is 15.3. The van der Waals surface area contributed by atoms with E-state index in [1.807, 2.05) is 36.6 Å². The second kappa shape index (κ2) is 7.02. The fourth-order valence-electron chi connectivity index (χ4n) is 1.87. The lowest BCUT2D eigenvalue weighted by Crippen LogP contribution is -2.42. The van der Waals surface area contributed by atoms with Gasteiger partial charge in [0.15, 0.2) is 0 Å². The lowest BCUT2D eigenvalue weighted by atomic mass is 10.1. The van der Waals surface area contributed by atoms with Crippen LogP contribution in [0.4, 0.5) is 0 Å². The number of aromatic nitrogens is 1. The fraction of sp³-hybridized carbons (Fsp3) is 0.438. The van der Waals surface area contributed by atoms with Crippen molar-refractivity contribution in [2.45, 2.75) is 32.4 Å². The molecule has 0 aliphatic carbocycles. The first-order valence-electron chi connectivity index (χ1n) is 7.00. The van der Waals surface area contributed by atoms with Crippen LogP contribution < -0.4 is 10.1 Å². The Bertz CT molecular complexity index is 538. The van der Waals surface area contributed by atoms with Crippen molar-refractivity contribution in [3.63, 3.8) is 0 Å². The highest BCUT2D eigenvalue weighted by Gasteiger charge is 2.23. The van der Waals surface area contributed by atoms with Crippen molar-refractivity contribution in [2.24, 2.45) is 0 Å². The number of nitrogens with zero attached hydrogens (tertiary/aromatic N) is 1. The van der Waals surface area contributed by atoms with Gasteiger partial charge < -0.3 is 15.2 Å². The minimum atomic E-state index is -0.564. The van der Waals surface area contributed by atoms with E-state index in [2.05, 4.69) is 24.1 Å². The lowest BCUT2D eigenvalue weighted by Gasteiger charge is -2.25. The summed E-state index contributed by atoms with van der Waals surface area (Å²) in [6.07, 6.45) is 1.23. The van der Waals surface area contributed by atoms with Crippen LogP contribution in [0.15, 0.2) is 35.8 Å². The van der Waals surface area contributed by atoms with Crippen molar-refractivity contribution >= 4 is 11.3 Å². The van der Waals surface area contributed by atoms with Crippen LogP contribution >= 0.6 is 11.3 Å². The number of ether oxygens (including phenoxy) is 1. The first-order chi connectivity index (χ1) is 9.97. The number of aryl methyl sites for hydroxylation is 1. The first-order valence-corrected chi connectivity index (χ1v) is 7.88. The molecule has 114 valence electrons. The van der Waals surface area contributed by atoms with Crippen LogP contribution in [0.25, 0.3) is 0 Å². The summed E-state index contributed by atoms with van der Waals surface area (Å²) in [5.74, 6) is 0.777. The molecule has 0 saturated carbocycles. The first kappa shape index (κ1) is 15.9. The van der Waals surface area contributed by atoms with Gasteiger partial charge in [-0.15, -0.1) is 11.3 Å². The number of aliphatic hydroxyl groups is 1. The van der Waals surface area contributed by atoms with E-state index in [1.54, 1.807) is 17.5 Å². The summed E-state index contributed by atoms with van der Waals surface area (Å²) in [7, 11) is 0. The van der Waals surface area contributed by atoms with Crippen molar-refractivity contribution in [3.8, 4) is 5.75 Å². The van der Waals surface area contributed by atoms with Gasteiger partial charge in [-0.25, -0.2) is 4.98 Å². The normalized spacial score (nSPS) is 13.1. The predicted octanol–water partition coefficient (Wildman–Crippen LogP) is 2.72. The molecule has 0 aliphatic rings. The molecule has 0 radical (unpaired) electrons. The summed E-state index contributed by atoms with van der Waals surface area (Å²) >= 11 is 1.61. The molecule has 1 aromatic carbocycles. The third kappa shape index (κ3) is 4.81. The Kier molecular flexibility index (Phi) is 5.33. The molecular weight excluding hydrogens is 284 g/mol. The lowest BCUT2D eigenvalue weighted by molar-refractivity contribution is 0.0987. The van der Waals surface area contributed by atoms with Gasteiger partial charge in [-0.2, -0.15) is 0 Å². The fourth-order valence-corrected chi connectivity index (χ4v) is 2.61. The number of aliphatic hydroxyl groups excluding tert-OH is 1. The van der Waals surface area contributed by atoms with Crippen LogP contribution in [0.2, 0.25) is 0 Å². The number of hydrogen-bond acceptors (Lipinski definition) is 5. The molecule has 0 saturated heterocycles. The average molecular weight is 306 g/mol. The SMILES string of the molecule is Cc1ccc(OCC(O)CNC(C)(C)c2nccs2)cc1. The minimum Gasteiger partial charge on any atom is -0.491 e. The van der Waals surface area contributed by atoms with E-state index in [0.717, 1.165) is 10.8 Å². The number of benzene rings is 1. The number of thiazole rings is 1. The molecule has 0 aliphatic heterocycles. The van der Waals surface area contributed by atoms with Gasteiger partial charge in [-0.1, -0.05) is 17.7 Å². The maximum absolute atomic E-state index is 10.0. The van der Waals surface area contributed by atoms with E-state index in [0.29, 0.717) is 6.54 Å². The van der Waals surface area contributed by atoms with E-state index < -0.39 is 6.10 Å². The third-order valence-electron chi connectivity index (χ3n) is 3.21. The molecule has 0 bridgehead atoms. The molecule has 1 atom stereocenters. The van der Waals surface area contributed by atoms with E-state index >= 15 is 0 Å². The molecule has 2 rings (SSSR count). The Morgan fingerprint density at radius 3 is 2.67 bits per heavy atom. The highest BCUT2D eigenvalue weighted by atomic mass is 32.1. The predicted molar refractivity (Wildman–Crippen MR) is 85.8 cm³/mol. The van der Waals surface area contributed by atoms with Crippen LogP contribution in [0.5, 0.6) is 5.75 Å². The standard InChI is InChI=1S/C16H22N2O2S/c1-12-4-6-14(7-5-12)20-11-13(19)10-18-16(2,3)15-17-8-9-21-15/h4-9,13,18-19H,10-11H2,1-3H3. The minimum absolute atomic E-state index is 0.251. The van der Waals surface area contributed by atoms with E-state index in [1.165, 1.54) is 5.56 Å². The Hall–Kier alpha value is -1.43. The summed E-state index contributed by atoms with van der Waals surface area (Å²) in [5.41, 5.74) is 0.939. The van der Waals surface area contributed by atoms with Crippen LogP contribution in [0.1, 0.15) is 24.4 Å². The molecule has 0 amide bonds. The molecule has 5 heteroatoms. The quantitative estimate of drug-likeness (QED) is 0.826. The van der Waals surface area contributed by atoms with Gasteiger partial charge in [0.05, 0.1) is 5.54 Å². The Morgan fingerprint density at radius 1 is 1.33 bits per heavy atom. The van der Waals surface area contributed by atoms with Gasteiger partial charge in [0, 0.05) is 18.1 Å². The molecule has 1 heterocycles. The van der Waals surface area contributed by atoms with Crippen LogP contribution in [0.3, 0.4) is 0 Å². The van der Waals surface area contributed by atoms with E-state index in [-0.39, 0.29) is 12.1 Å². The molecule has 1 unspecified atom stereocenters. The summed E-state index contributed by atoms with van der Waals surface area (Å²) in [6, 6.07) is 7.81. The van der Waals surface area contributed by atoms with Crippen LogP contribution in [-0.2, 0) is 5.54 Å². The van der Waals surface area contributed by atoms with Gasteiger partial charge in [0.1, 0.15) is 23.5 Å². The summed E-state index contributed by atoms with van der Waals surface area (Å²) in [5, 5.41) is 16.3. The smallest absolute Gasteiger partial charge is 0.119 e. The molecule has 2 N–H and O–H groups in total. The largest absolute Gasteiger partial charge is 0.491 e. The summed E-state index contributed by atoms with van der Waals surface area (Å²) in [6.45, 7) is 6.87. The molecule has 4 nitrogen and oxygen atoms in total. The van der Waals surface area contributed by atoms with Crippen molar-refractivity contribution in [1.82, 2.24) is 10.3 Å². The summed E-state index contributed by atoms with van der Waals surface area (Å²) < 4.78 is 5.58. The number of hydrogen-bond donors (Lipinski definition) is 2. The maximum Gasteiger partial charge on any atom is 0.119 e. The van der Waals surface area contributed by atoms with Crippen molar-refractivity contribution < 1.29 is 9.84 Å². The summed E-state index contributed by atoms with van der Waals surface area (Å²) in [4.78, 5) is 4.31. The maximum atomic E-state index is 10.0. The Labute approximate surface area is 129 Å². The second-order valence-electron chi connectivity index (χ2n) is 5.62. The second-order valence-corrected chi connectivity index (χ2v) is 6.52. The topological polar surface area (TPSA) is 54.4 Å². The highest BCUT2D eigenvalue weighted by molar-refractivity contribution is 7.09. The monoisotopic (exact) mass is 306 g/mol. The van der Waals surface area contributed by atoms with Crippen LogP contribution in [0, 0.1) is 6.92 Å². The zero-order valence-corrected chi connectivity index (χ0v) is 13.5. The molecule has 1 aromatic heterocycles. The van der Waals surface area contributed by atoms with Crippen LogP contribution in [-0.4, -0.2) is 29.3 Å². The van der Waals surface area contributed by atoms with Gasteiger partial charge in [-0.3, -0.25) is 0 Å². The molecule has 2 aromatic rings. The average Bonchev–Trinajstić information content (AvgIpc) is 3.00. The van der Waals surface area contributed by atoms with Crippen molar-refractivity contribution in [1.29, 1.82) is 0 Å². The van der Waals surface area contributed by atoms with Gasteiger partial charge in [0.25, 0.3) is 0 Å². The van der Waals surface area contributed by atoms with E-state index in [9.17, 15) is 5.11 Å². The molecular formula is C16H22N2O2S. The number of rotatable bonds is 7. The van der Waals surface area contributed by atoms with Gasteiger partial charge in [-0.05, 0) is 32.9 Å². The molecule has 0 fully saturated rings. The van der Waals surface area contributed by atoms with Crippen molar-refractivity contribution in [2.75, 3.05) is 13.2 Å². The zero-order valence-electron chi connectivity index (χ0n) is 12.7. The molecule has 0 spiro atoms. The van der Waals surface area contributed by atoms with Gasteiger partial charge in [0.2, 0.25) is 0 Å². The van der Waals surface area contributed by atoms with Crippen molar-refractivity contribution in [3.05, 3.63) is 46.4 Å². The highest BCUT2D eigenvalue weighted by Crippen LogP contribution is 2.21. The Morgan fingerprint density at radius 2 is 2.05 bits per heavy atom. The number of nitrogens with one attached hydrogen (secondary N) is 1. The van der Waals surface area contributed by atoms with E-state index in [4.69, 9.17) is 4.74 Å². The molecule has 21 heavy (non-hydrogen) atoms. The van der Waals surface area contributed by atoms with Gasteiger partial charge >= 0.3 is 0 Å². The Balaban J connectivity index is 1.77.